The summed E-state index contributed by atoms with van der Waals surface area (Å²) >= 11 is 0. The van der Waals surface area contributed by atoms with E-state index in [1.165, 1.54) is 18.4 Å². The maximum Gasteiger partial charge on any atom is 0.204 e. The molecule has 0 bridgehead atoms. The van der Waals surface area contributed by atoms with Crippen molar-refractivity contribution in [2.75, 3.05) is 34.4 Å². The van der Waals surface area contributed by atoms with Crippen molar-refractivity contribution in [3.63, 3.8) is 0 Å². The minimum absolute atomic E-state index is 0.351. The van der Waals surface area contributed by atoms with E-state index in [4.69, 9.17) is 23.7 Å². The number of nitrogens with zero attached hydrogens (tertiary/aromatic N) is 1. The smallest absolute Gasteiger partial charge is 0.204 e. The summed E-state index contributed by atoms with van der Waals surface area (Å²) in [5.41, 5.74) is 3.22. The van der Waals surface area contributed by atoms with Gasteiger partial charge in [-0.15, -0.1) is 6.58 Å². The molecule has 0 radical (unpaired) electrons. The second-order valence-corrected chi connectivity index (χ2v) is 8.83. The number of benzene rings is 3. The van der Waals surface area contributed by atoms with Crippen molar-refractivity contribution in [1.82, 2.24) is 4.90 Å². The summed E-state index contributed by atoms with van der Waals surface area (Å²) in [7, 11) is 4.94. The zero-order chi connectivity index (χ0) is 25.3. The Kier molecular flexibility index (Phi) is 8.74. The number of ether oxygens (including phenoxy) is 5. The minimum atomic E-state index is 0.351. The van der Waals surface area contributed by atoms with Gasteiger partial charge in [0.1, 0.15) is 12.4 Å². The molecular weight excluding hydrogens is 454 g/mol. The third-order valence-electron chi connectivity index (χ3n) is 6.28. The highest BCUT2D eigenvalue weighted by Crippen LogP contribution is 2.43. The molecular formula is C30H35NO5. The molecule has 0 aliphatic carbocycles. The first-order valence-corrected chi connectivity index (χ1v) is 12.3. The topological polar surface area (TPSA) is 49.4 Å². The Labute approximate surface area is 214 Å². The van der Waals surface area contributed by atoms with Crippen LogP contribution in [0.3, 0.4) is 0 Å². The zero-order valence-corrected chi connectivity index (χ0v) is 21.4. The van der Waals surface area contributed by atoms with Crippen molar-refractivity contribution in [3.05, 3.63) is 83.9 Å². The van der Waals surface area contributed by atoms with Gasteiger partial charge in [0, 0.05) is 6.54 Å². The van der Waals surface area contributed by atoms with Crippen LogP contribution in [0.1, 0.15) is 29.5 Å². The van der Waals surface area contributed by atoms with Crippen molar-refractivity contribution in [2.45, 2.75) is 32.4 Å². The van der Waals surface area contributed by atoms with Gasteiger partial charge >= 0.3 is 0 Å². The molecule has 0 unspecified atom stereocenters. The third-order valence-corrected chi connectivity index (χ3v) is 6.28. The summed E-state index contributed by atoms with van der Waals surface area (Å²) in [5, 5.41) is 0. The van der Waals surface area contributed by atoms with Gasteiger partial charge in [0.2, 0.25) is 5.75 Å². The van der Waals surface area contributed by atoms with E-state index in [1.807, 2.05) is 48.5 Å². The predicted octanol–water partition coefficient (Wildman–Crippen LogP) is 6.41. The molecule has 0 spiro atoms. The SMILES string of the molecule is C=CCc1cc(OC)c(OCc2ccc(OC)cc2)c(Oc2ccc(CN3CCCC3)cc2OC)c1. The number of methoxy groups -OCH3 is 3. The lowest BCUT2D eigenvalue weighted by Gasteiger charge is -2.19. The van der Waals surface area contributed by atoms with Gasteiger partial charge in [0.15, 0.2) is 23.0 Å². The van der Waals surface area contributed by atoms with E-state index in [1.54, 1.807) is 21.3 Å². The summed E-state index contributed by atoms with van der Waals surface area (Å²) in [6.07, 6.45) is 5.06. The molecule has 36 heavy (non-hydrogen) atoms. The minimum Gasteiger partial charge on any atom is -0.497 e. The Bertz CT molecular complexity index is 1150. The van der Waals surface area contributed by atoms with Gasteiger partial charge in [-0.1, -0.05) is 24.3 Å². The fourth-order valence-corrected chi connectivity index (χ4v) is 4.37. The molecule has 3 aromatic rings. The normalized spacial score (nSPS) is 13.3. The van der Waals surface area contributed by atoms with Gasteiger partial charge in [0.25, 0.3) is 0 Å². The molecule has 190 valence electrons. The molecule has 1 aliphatic heterocycles. The van der Waals surface area contributed by atoms with Crippen molar-refractivity contribution < 1.29 is 23.7 Å². The summed E-state index contributed by atoms with van der Waals surface area (Å²) in [6.45, 7) is 7.42. The van der Waals surface area contributed by atoms with Crippen LogP contribution in [-0.4, -0.2) is 39.3 Å². The van der Waals surface area contributed by atoms with Crippen molar-refractivity contribution in [1.29, 1.82) is 0 Å². The van der Waals surface area contributed by atoms with Gasteiger partial charge in [-0.3, -0.25) is 4.90 Å². The molecule has 6 heteroatoms. The number of hydrogen-bond acceptors (Lipinski definition) is 6. The van der Waals surface area contributed by atoms with Crippen LogP contribution in [0.4, 0.5) is 0 Å². The molecule has 1 aliphatic rings. The first kappa shape index (κ1) is 25.5. The zero-order valence-electron chi connectivity index (χ0n) is 21.4. The van der Waals surface area contributed by atoms with Crippen LogP contribution in [0.25, 0.3) is 0 Å². The molecule has 0 atom stereocenters. The van der Waals surface area contributed by atoms with Crippen LogP contribution in [0, 0.1) is 0 Å². The standard InChI is InChI=1S/C30H35NO5/c1-5-8-23-17-28(34-4)30(35-21-22-9-12-25(32-2)13-10-22)29(18-23)36-26-14-11-24(19-27(26)33-3)20-31-15-6-7-16-31/h5,9-14,17-19H,1,6-8,15-16,20-21H2,2-4H3. The van der Waals surface area contributed by atoms with Gasteiger partial charge in [0.05, 0.1) is 21.3 Å². The van der Waals surface area contributed by atoms with Crippen LogP contribution in [0.2, 0.25) is 0 Å². The molecule has 0 amide bonds. The summed E-state index contributed by atoms with van der Waals surface area (Å²) < 4.78 is 29.3. The first-order valence-electron chi connectivity index (χ1n) is 12.3. The fourth-order valence-electron chi connectivity index (χ4n) is 4.37. The lowest BCUT2D eigenvalue weighted by Crippen LogP contribution is -2.18. The lowest BCUT2D eigenvalue weighted by atomic mass is 10.1. The highest BCUT2D eigenvalue weighted by molar-refractivity contribution is 5.57. The highest BCUT2D eigenvalue weighted by atomic mass is 16.5. The maximum absolute atomic E-state index is 6.41. The average molecular weight is 490 g/mol. The van der Waals surface area contributed by atoms with Crippen LogP contribution < -0.4 is 23.7 Å². The Morgan fingerprint density at radius 1 is 0.750 bits per heavy atom. The van der Waals surface area contributed by atoms with E-state index in [-0.39, 0.29) is 0 Å². The Morgan fingerprint density at radius 3 is 2.08 bits per heavy atom. The van der Waals surface area contributed by atoms with E-state index < -0.39 is 0 Å². The molecule has 1 heterocycles. The monoisotopic (exact) mass is 489 g/mol. The lowest BCUT2D eigenvalue weighted by molar-refractivity contribution is 0.269. The molecule has 3 aromatic carbocycles. The van der Waals surface area contributed by atoms with Crippen LogP contribution in [-0.2, 0) is 19.6 Å². The van der Waals surface area contributed by atoms with E-state index >= 15 is 0 Å². The van der Waals surface area contributed by atoms with Crippen molar-refractivity contribution in [2.24, 2.45) is 0 Å². The van der Waals surface area contributed by atoms with Crippen LogP contribution in [0.15, 0.2) is 67.3 Å². The van der Waals surface area contributed by atoms with Crippen LogP contribution >= 0.6 is 0 Å². The molecule has 0 aromatic heterocycles. The van der Waals surface area contributed by atoms with Gasteiger partial charge < -0.3 is 23.7 Å². The van der Waals surface area contributed by atoms with E-state index in [0.717, 1.165) is 36.5 Å². The second kappa shape index (κ2) is 12.4. The number of hydrogen-bond donors (Lipinski definition) is 0. The second-order valence-electron chi connectivity index (χ2n) is 8.83. The Morgan fingerprint density at radius 2 is 1.42 bits per heavy atom. The third kappa shape index (κ3) is 6.32. The predicted molar refractivity (Wildman–Crippen MR) is 142 cm³/mol. The summed E-state index contributed by atoms with van der Waals surface area (Å²) in [6, 6.07) is 17.8. The first-order chi connectivity index (χ1) is 17.6. The van der Waals surface area contributed by atoms with Crippen LogP contribution in [0.5, 0.6) is 34.5 Å². The molecule has 1 fully saturated rings. The molecule has 0 saturated carbocycles. The Hall–Kier alpha value is -3.64. The van der Waals surface area contributed by atoms with E-state index in [2.05, 4.69) is 23.6 Å². The maximum atomic E-state index is 6.41. The van der Waals surface area contributed by atoms with E-state index in [9.17, 15) is 0 Å². The largest absolute Gasteiger partial charge is 0.497 e. The molecule has 4 rings (SSSR count). The van der Waals surface area contributed by atoms with E-state index in [0.29, 0.717) is 41.8 Å². The van der Waals surface area contributed by atoms with Gasteiger partial charge in [-0.2, -0.15) is 0 Å². The molecule has 1 saturated heterocycles. The summed E-state index contributed by atoms with van der Waals surface area (Å²) in [5.74, 6) is 3.79. The number of likely N-dealkylation sites (tertiary alicyclic amines) is 1. The number of rotatable bonds is 12. The van der Waals surface area contributed by atoms with Gasteiger partial charge in [-0.25, -0.2) is 0 Å². The number of allylic oxidation sites excluding steroid dienone is 1. The fraction of sp³-hybridized carbons (Fsp3) is 0.333. The van der Waals surface area contributed by atoms with Gasteiger partial charge in [-0.05, 0) is 85.4 Å². The molecule has 6 nitrogen and oxygen atoms in total. The van der Waals surface area contributed by atoms with Crippen molar-refractivity contribution >= 4 is 0 Å². The highest BCUT2D eigenvalue weighted by Gasteiger charge is 2.19. The average Bonchev–Trinajstić information content (AvgIpc) is 3.42. The Balaban J connectivity index is 1.61. The molecule has 0 N–H and O–H groups in total. The summed E-state index contributed by atoms with van der Waals surface area (Å²) in [4.78, 5) is 2.46. The van der Waals surface area contributed by atoms with Crippen molar-refractivity contribution in [3.8, 4) is 34.5 Å². The quantitative estimate of drug-likeness (QED) is 0.274.